The average molecular weight is 481 g/mol. The summed E-state index contributed by atoms with van der Waals surface area (Å²) in [5.74, 6) is -2.03. The summed E-state index contributed by atoms with van der Waals surface area (Å²) in [4.78, 5) is 26.1. The van der Waals surface area contributed by atoms with Crippen molar-refractivity contribution < 1.29 is 19.8 Å². The van der Waals surface area contributed by atoms with Crippen molar-refractivity contribution >= 4 is 65.6 Å². The molecule has 0 saturated heterocycles. The molecular weight excluding hydrogens is 464 g/mol. The fraction of sp³-hybridized carbons (Fsp3) is 0. The molecule has 0 amide bonds. The Morgan fingerprint density at radius 3 is 1.32 bits per heavy atom. The van der Waals surface area contributed by atoms with Crippen LogP contribution >= 0.6 is 22.7 Å². The second-order valence-corrected chi connectivity index (χ2v) is 10.2. The number of fused-ring (bicyclic) bond motifs is 3. The molecule has 6 rings (SSSR count). The minimum atomic E-state index is -1.01. The van der Waals surface area contributed by atoms with Crippen LogP contribution in [0.3, 0.4) is 0 Å². The molecule has 0 aliphatic carbocycles. The van der Waals surface area contributed by atoms with Crippen LogP contribution < -0.4 is 0 Å². The zero-order chi connectivity index (χ0) is 23.4. The van der Waals surface area contributed by atoms with E-state index >= 15 is 0 Å². The van der Waals surface area contributed by atoms with Crippen LogP contribution in [0.15, 0.2) is 84.9 Å². The van der Waals surface area contributed by atoms with E-state index in [9.17, 15) is 19.8 Å². The van der Waals surface area contributed by atoms with Gasteiger partial charge in [-0.25, -0.2) is 9.59 Å². The van der Waals surface area contributed by atoms with E-state index in [0.717, 1.165) is 29.9 Å². The Morgan fingerprint density at radius 2 is 0.941 bits per heavy atom. The quantitative estimate of drug-likeness (QED) is 0.268. The maximum Gasteiger partial charge on any atom is 0.336 e. The number of carbonyl (C=O) groups is 2. The summed E-state index contributed by atoms with van der Waals surface area (Å²) in [7, 11) is 0. The van der Waals surface area contributed by atoms with Gasteiger partial charge in [-0.3, -0.25) is 0 Å². The van der Waals surface area contributed by atoms with E-state index in [4.69, 9.17) is 0 Å². The number of thiophene rings is 2. The lowest BCUT2D eigenvalue weighted by molar-refractivity contribution is 0.0686. The number of carboxylic acid groups (broad SMARTS) is 2. The van der Waals surface area contributed by atoms with Gasteiger partial charge in [-0.05, 0) is 70.1 Å². The highest BCUT2D eigenvalue weighted by atomic mass is 32.1. The summed E-state index contributed by atoms with van der Waals surface area (Å²) in [6.07, 6.45) is 0. The van der Waals surface area contributed by atoms with Crippen LogP contribution in [0.5, 0.6) is 0 Å². The van der Waals surface area contributed by atoms with Crippen LogP contribution in [0.4, 0.5) is 0 Å². The van der Waals surface area contributed by atoms with Gasteiger partial charge >= 0.3 is 11.9 Å². The molecule has 2 N–H and O–H groups in total. The highest BCUT2D eigenvalue weighted by Crippen LogP contribution is 2.40. The molecule has 2 aromatic heterocycles. The zero-order valence-electron chi connectivity index (χ0n) is 17.6. The fourth-order valence-electron chi connectivity index (χ4n) is 4.34. The normalized spacial score (nSPS) is 11.4. The van der Waals surface area contributed by atoms with Crippen molar-refractivity contribution in [1.82, 2.24) is 0 Å². The van der Waals surface area contributed by atoms with Crippen LogP contribution in [0, 0.1) is 0 Å². The molecule has 0 fully saturated rings. The molecule has 0 bridgehead atoms. The minimum Gasteiger partial charge on any atom is -0.478 e. The molecule has 0 atom stereocenters. The van der Waals surface area contributed by atoms with E-state index in [1.165, 1.54) is 22.7 Å². The predicted octanol–water partition coefficient (Wildman–Crippen LogP) is 8.00. The van der Waals surface area contributed by atoms with Crippen LogP contribution in [-0.2, 0) is 0 Å². The monoisotopic (exact) mass is 480 g/mol. The topological polar surface area (TPSA) is 74.6 Å². The van der Waals surface area contributed by atoms with Crippen molar-refractivity contribution in [1.29, 1.82) is 0 Å². The molecule has 34 heavy (non-hydrogen) atoms. The van der Waals surface area contributed by atoms with Gasteiger partial charge in [0.05, 0.1) is 11.1 Å². The molecule has 4 aromatic carbocycles. The highest BCUT2D eigenvalue weighted by Gasteiger charge is 2.20. The zero-order valence-corrected chi connectivity index (χ0v) is 19.2. The lowest BCUT2D eigenvalue weighted by Crippen LogP contribution is -2.02. The first-order chi connectivity index (χ1) is 16.5. The molecule has 0 spiro atoms. The van der Waals surface area contributed by atoms with Gasteiger partial charge < -0.3 is 10.2 Å². The molecule has 4 nitrogen and oxygen atoms in total. The molecule has 0 radical (unpaired) electrons. The molecule has 0 aliphatic heterocycles. The third-order valence-electron chi connectivity index (χ3n) is 5.96. The molecule has 0 aliphatic rings. The molecule has 6 heteroatoms. The molecule has 6 aromatic rings. The van der Waals surface area contributed by atoms with E-state index in [0.29, 0.717) is 21.9 Å². The standard InChI is InChI=1S/C28H16O4S2/c29-27(30)21-11-18-10-20(26-14-16-6-2-4-8-24(16)34-26)22(28(31)32)12-17(18)9-19(21)25-13-15-5-1-3-7-23(15)33-25/h1-14H,(H,29,30)(H,31,32). The van der Waals surface area contributed by atoms with Gasteiger partial charge in [-0.15, -0.1) is 22.7 Å². The first kappa shape index (κ1) is 20.6. The highest BCUT2D eigenvalue weighted by molar-refractivity contribution is 7.22. The van der Waals surface area contributed by atoms with E-state index in [-0.39, 0.29) is 11.1 Å². The van der Waals surface area contributed by atoms with E-state index in [1.54, 1.807) is 24.3 Å². The molecule has 0 unspecified atom stereocenters. The number of carboxylic acids is 2. The summed E-state index contributed by atoms with van der Waals surface area (Å²) >= 11 is 3.05. The third kappa shape index (κ3) is 3.36. The maximum atomic E-state index is 12.2. The van der Waals surface area contributed by atoms with Gasteiger partial charge in [0.2, 0.25) is 0 Å². The SMILES string of the molecule is O=C(O)c1cc2cc(-c3cc4ccccc4s3)c(C(=O)O)cc2cc1-c1cc2ccccc2s1. The number of hydrogen-bond donors (Lipinski definition) is 2. The van der Waals surface area contributed by atoms with Crippen LogP contribution in [0.25, 0.3) is 51.8 Å². The minimum absolute atomic E-state index is 0.199. The summed E-state index contributed by atoms with van der Waals surface area (Å²) in [5, 5.41) is 23.5. The lowest BCUT2D eigenvalue weighted by Gasteiger charge is -2.11. The Bertz CT molecular complexity index is 1580. The number of rotatable bonds is 4. The number of aromatic carboxylic acids is 2. The van der Waals surface area contributed by atoms with Gasteiger partial charge in [0.25, 0.3) is 0 Å². The van der Waals surface area contributed by atoms with Gasteiger partial charge in [0, 0.05) is 30.3 Å². The second-order valence-electron chi connectivity index (χ2n) is 8.05. The number of hydrogen-bond acceptors (Lipinski definition) is 4. The van der Waals surface area contributed by atoms with Gasteiger partial charge in [-0.2, -0.15) is 0 Å². The van der Waals surface area contributed by atoms with Crippen molar-refractivity contribution in [3.63, 3.8) is 0 Å². The third-order valence-corrected chi connectivity index (χ3v) is 8.25. The fourth-order valence-corrected chi connectivity index (χ4v) is 6.53. The first-order valence-electron chi connectivity index (χ1n) is 10.5. The number of benzene rings is 4. The van der Waals surface area contributed by atoms with Gasteiger partial charge in [-0.1, -0.05) is 36.4 Å². The second kappa shape index (κ2) is 7.80. The first-order valence-corrected chi connectivity index (χ1v) is 12.2. The van der Waals surface area contributed by atoms with E-state index in [1.807, 2.05) is 60.7 Å². The molecule has 164 valence electrons. The smallest absolute Gasteiger partial charge is 0.336 e. The summed E-state index contributed by atoms with van der Waals surface area (Å²) in [6.45, 7) is 0. The maximum absolute atomic E-state index is 12.2. The summed E-state index contributed by atoms with van der Waals surface area (Å²) in [6, 6.07) is 26.7. The van der Waals surface area contributed by atoms with Crippen molar-refractivity contribution in [2.45, 2.75) is 0 Å². The van der Waals surface area contributed by atoms with Crippen molar-refractivity contribution in [3.8, 4) is 20.9 Å². The molecule has 0 saturated carbocycles. The van der Waals surface area contributed by atoms with Gasteiger partial charge in [0.1, 0.15) is 0 Å². The predicted molar refractivity (Wildman–Crippen MR) is 140 cm³/mol. The summed E-state index contributed by atoms with van der Waals surface area (Å²) < 4.78 is 2.14. The molecular formula is C28H16O4S2. The Morgan fingerprint density at radius 1 is 0.529 bits per heavy atom. The van der Waals surface area contributed by atoms with Crippen LogP contribution in [-0.4, -0.2) is 22.2 Å². The van der Waals surface area contributed by atoms with Crippen LogP contribution in [0.1, 0.15) is 20.7 Å². The van der Waals surface area contributed by atoms with Crippen LogP contribution in [0.2, 0.25) is 0 Å². The van der Waals surface area contributed by atoms with E-state index < -0.39 is 11.9 Å². The average Bonchev–Trinajstić information content (AvgIpc) is 3.46. The Hall–Kier alpha value is -4.00. The largest absolute Gasteiger partial charge is 0.478 e. The summed E-state index contributed by atoms with van der Waals surface area (Å²) in [5.41, 5.74) is 1.58. The van der Waals surface area contributed by atoms with Gasteiger partial charge in [0.15, 0.2) is 0 Å². The van der Waals surface area contributed by atoms with Crippen molar-refractivity contribution in [2.75, 3.05) is 0 Å². The Balaban J connectivity index is 1.60. The lowest BCUT2D eigenvalue weighted by atomic mass is 9.94. The molecule has 2 heterocycles. The van der Waals surface area contributed by atoms with Crippen molar-refractivity contribution in [3.05, 3.63) is 96.1 Å². The van der Waals surface area contributed by atoms with Crippen molar-refractivity contribution in [2.24, 2.45) is 0 Å². The van der Waals surface area contributed by atoms with E-state index in [2.05, 4.69) is 0 Å². The Kier molecular flexibility index (Phi) is 4.72. The Labute approximate surface area is 202 Å².